The number of pyridine rings is 1. The molecule has 3 nitrogen and oxygen atoms in total. The van der Waals surface area contributed by atoms with Gasteiger partial charge in [-0.25, -0.2) is 4.98 Å². The average molecular weight is 217 g/mol. The van der Waals surface area contributed by atoms with Crippen LogP contribution in [0, 0.1) is 12.3 Å². The number of anilines is 2. The van der Waals surface area contributed by atoms with Crippen LogP contribution in [-0.2, 0) is 0 Å². The number of rotatable bonds is 0. The molecule has 2 N–H and O–H groups in total. The van der Waals surface area contributed by atoms with E-state index in [1.807, 2.05) is 6.20 Å². The van der Waals surface area contributed by atoms with Gasteiger partial charge in [0.2, 0.25) is 0 Å². The summed E-state index contributed by atoms with van der Waals surface area (Å²) in [6.45, 7) is 4.26. The van der Waals surface area contributed by atoms with Crippen molar-refractivity contribution >= 4 is 11.5 Å². The second kappa shape index (κ2) is 3.65. The molecule has 1 spiro atoms. The van der Waals surface area contributed by atoms with Crippen LogP contribution in [0.25, 0.3) is 0 Å². The fourth-order valence-electron chi connectivity index (χ4n) is 2.94. The SMILES string of the molecule is Cc1cnc2c(c1)NCC1(CCCC1)CN2. The molecule has 86 valence electrons. The van der Waals surface area contributed by atoms with Gasteiger partial charge in [-0.2, -0.15) is 0 Å². The van der Waals surface area contributed by atoms with Crippen molar-refractivity contribution < 1.29 is 0 Å². The first-order valence-corrected chi connectivity index (χ1v) is 6.22. The van der Waals surface area contributed by atoms with Crippen molar-refractivity contribution in [1.29, 1.82) is 0 Å². The monoisotopic (exact) mass is 217 g/mol. The van der Waals surface area contributed by atoms with Gasteiger partial charge in [-0.05, 0) is 31.4 Å². The molecule has 0 amide bonds. The molecule has 0 bridgehead atoms. The largest absolute Gasteiger partial charge is 0.381 e. The highest BCUT2D eigenvalue weighted by Crippen LogP contribution is 2.40. The van der Waals surface area contributed by atoms with E-state index in [-0.39, 0.29) is 0 Å². The van der Waals surface area contributed by atoms with E-state index in [9.17, 15) is 0 Å². The molecule has 0 radical (unpaired) electrons. The zero-order valence-electron chi connectivity index (χ0n) is 9.84. The van der Waals surface area contributed by atoms with Gasteiger partial charge in [-0.15, -0.1) is 0 Å². The summed E-state index contributed by atoms with van der Waals surface area (Å²) >= 11 is 0. The minimum Gasteiger partial charge on any atom is -0.381 e. The number of hydrogen-bond donors (Lipinski definition) is 2. The van der Waals surface area contributed by atoms with Gasteiger partial charge in [0.25, 0.3) is 0 Å². The summed E-state index contributed by atoms with van der Waals surface area (Å²) < 4.78 is 0. The topological polar surface area (TPSA) is 37.0 Å². The molecular weight excluding hydrogens is 198 g/mol. The Kier molecular flexibility index (Phi) is 2.27. The Morgan fingerprint density at radius 3 is 2.75 bits per heavy atom. The van der Waals surface area contributed by atoms with E-state index in [1.165, 1.54) is 36.9 Å². The third kappa shape index (κ3) is 1.64. The van der Waals surface area contributed by atoms with E-state index < -0.39 is 0 Å². The van der Waals surface area contributed by atoms with Crippen LogP contribution >= 0.6 is 0 Å². The van der Waals surface area contributed by atoms with E-state index in [0.717, 1.165) is 18.9 Å². The van der Waals surface area contributed by atoms with Gasteiger partial charge >= 0.3 is 0 Å². The molecule has 1 aliphatic heterocycles. The lowest BCUT2D eigenvalue weighted by Gasteiger charge is -2.26. The minimum atomic E-state index is 0.467. The molecule has 0 atom stereocenters. The van der Waals surface area contributed by atoms with Crippen LogP contribution in [0.3, 0.4) is 0 Å². The zero-order chi connectivity index (χ0) is 11.0. The molecule has 1 saturated carbocycles. The fourth-order valence-corrected chi connectivity index (χ4v) is 2.94. The Hall–Kier alpha value is -1.25. The highest BCUT2D eigenvalue weighted by atomic mass is 15.1. The lowest BCUT2D eigenvalue weighted by Crippen LogP contribution is -2.31. The summed E-state index contributed by atoms with van der Waals surface area (Å²) in [7, 11) is 0. The summed E-state index contributed by atoms with van der Waals surface area (Å²) in [5.41, 5.74) is 2.86. The maximum absolute atomic E-state index is 4.46. The highest BCUT2D eigenvalue weighted by Gasteiger charge is 2.35. The molecule has 16 heavy (non-hydrogen) atoms. The van der Waals surface area contributed by atoms with Crippen molar-refractivity contribution in [2.45, 2.75) is 32.6 Å². The van der Waals surface area contributed by atoms with Crippen molar-refractivity contribution in [2.75, 3.05) is 23.7 Å². The lowest BCUT2D eigenvalue weighted by molar-refractivity contribution is 0.346. The maximum atomic E-state index is 4.46. The Morgan fingerprint density at radius 2 is 1.94 bits per heavy atom. The first-order valence-electron chi connectivity index (χ1n) is 6.22. The molecular formula is C13H19N3. The van der Waals surface area contributed by atoms with E-state index in [4.69, 9.17) is 0 Å². The molecule has 0 aromatic carbocycles. The van der Waals surface area contributed by atoms with Gasteiger partial charge in [-0.3, -0.25) is 0 Å². The minimum absolute atomic E-state index is 0.467. The molecule has 0 unspecified atom stereocenters. The van der Waals surface area contributed by atoms with Crippen LogP contribution in [-0.4, -0.2) is 18.1 Å². The predicted molar refractivity (Wildman–Crippen MR) is 66.9 cm³/mol. The van der Waals surface area contributed by atoms with Crippen molar-refractivity contribution in [3.05, 3.63) is 17.8 Å². The van der Waals surface area contributed by atoms with Gasteiger partial charge in [0, 0.05) is 24.7 Å². The van der Waals surface area contributed by atoms with E-state index in [1.54, 1.807) is 0 Å². The third-order valence-corrected chi connectivity index (χ3v) is 3.97. The molecule has 1 aliphatic carbocycles. The Bertz CT molecular complexity index is 394. The Morgan fingerprint density at radius 1 is 1.19 bits per heavy atom. The van der Waals surface area contributed by atoms with E-state index >= 15 is 0 Å². The molecule has 2 heterocycles. The van der Waals surface area contributed by atoms with Gasteiger partial charge in [0.1, 0.15) is 5.82 Å². The van der Waals surface area contributed by atoms with E-state index in [2.05, 4.69) is 28.6 Å². The van der Waals surface area contributed by atoms with Crippen molar-refractivity contribution in [2.24, 2.45) is 5.41 Å². The van der Waals surface area contributed by atoms with Crippen molar-refractivity contribution in [3.63, 3.8) is 0 Å². The van der Waals surface area contributed by atoms with Crippen LogP contribution in [0.15, 0.2) is 12.3 Å². The average Bonchev–Trinajstić information content (AvgIpc) is 2.66. The molecule has 1 aromatic rings. The smallest absolute Gasteiger partial charge is 0.149 e. The summed E-state index contributed by atoms with van der Waals surface area (Å²) in [5, 5.41) is 7.09. The van der Waals surface area contributed by atoms with Gasteiger partial charge in [-0.1, -0.05) is 12.8 Å². The molecule has 0 saturated heterocycles. The second-order valence-corrected chi connectivity index (χ2v) is 5.32. The molecule has 2 aliphatic rings. The van der Waals surface area contributed by atoms with Crippen LogP contribution in [0.2, 0.25) is 0 Å². The predicted octanol–water partition coefficient (Wildman–Crippen LogP) is 2.79. The van der Waals surface area contributed by atoms with Gasteiger partial charge in [0.05, 0.1) is 5.69 Å². The van der Waals surface area contributed by atoms with Crippen molar-refractivity contribution in [3.8, 4) is 0 Å². The van der Waals surface area contributed by atoms with E-state index in [0.29, 0.717) is 5.41 Å². The number of aryl methyl sites for hydroxylation is 1. The third-order valence-electron chi connectivity index (χ3n) is 3.97. The standard InChI is InChI=1S/C13H19N3/c1-10-6-11-12(14-7-10)16-9-13(8-15-11)4-2-3-5-13/h6-7,15H,2-5,8-9H2,1H3,(H,14,16). The van der Waals surface area contributed by atoms with Crippen LogP contribution < -0.4 is 10.6 Å². The zero-order valence-corrected chi connectivity index (χ0v) is 9.84. The number of nitrogens with zero attached hydrogens (tertiary/aromatic N) is 1. The fraction of sp³-hybridized carbons (Fsp3) is 0.615. The normalized spacial score (nSPS) is 22.1. The lowest BCUT2D eigenvalue weighted by atomic mass is 9.86. The van der Waals surface area contributed by atoms with Gasteiger partial charge in [0.15, 0.2) is 0 Å². The first-order chi connectivity index (χ1) is 7.77. The highest BCUT2D eigenvalue weighted by molar-refractivity contribution is 5.66. The van der Waals surface area contributed by atoms with Crippen LogP contribution in [0.5, 0.6) is 0 Å². The number of hydrogen-bond acceptors (Lipinski definition) is 3. The summed E-state index contributed by atoms with van der Waals surface area (Å²) in [6.07, 6.45) is 7.39. The Balaban J connectivity index is 1.86. The summed E-state index contributed by atoms with van der Waals surface area (Å²) in [4.78, 5) is 4.46. The number of aromatic nitrogens is 1. The molecule has 3 heteroatoms. The molecule has 1 fully saturated rings. The molecule has 1 aromatic heterocycles. The first kappa shape index (κ1) is 9.94. The summed E-state index contributed by atoms with van der Waals surface area (Å²) in [5.74, 6) is 1.02. The molecule has 3 rings (SSSR count). The number of fused-ring (bicyclic) bond motifs is 1. The second-order valence-electron chi connectivity index (χ2n) is 5.32. The van der Waals surface area contributed by atoms with Crippen LogP contribution in [0.4, 0.5) is 11.5 Å². The quantitative estimate of drug-likeness (QED) is 0.701. The Labute approximate surface area is 96.7 Å². The van der Waals surface area contributed by atoms with Crippen LogP contribution in [0.1, 0.15) is 31.2 Å². The van der Waals surface area contributed by atoms with Crippen molar-refractivity contribution in [1.82, 2.24) is 4.98 Å². The summed E-state index contributed by atoms with van der Waals surface area (Å²) in [6, 6.07) is 2.18. The van der Waals surface area contributed by atoms with Gasteiger partial charge < -0.3 is 10.6 Å². The maximum Gasteiger partial charge on any atom is 0.149 e. The number of nitrogens with one attached hydrogen (secondary N) is 2.